The van der Waals surface area contributed by atoms with Crippen molar-refractivity contribution in [2.24, 2.45) is 0 Å². The van der Waals surface area contributed by atoms with Gasteiger partial charge in [-0.2, -0.15) is 0 Å². The van der Waals surface area contributed by atoms with E-state index in [1.165, 1.54) is 17.2 Å². The zero-order valence-electron chi connectivity index (χ0n) is 10.7. The van der Waals surface area contributed by atoms with E-state index < -0.39 is 0 Å². The van der Waals surface area contributed by atoms with E-state index in [1.54, 1.807) is 12.1 Å². The van der Waals surface area contributed by atoms with Gasteiger partial charge in [-0.1, -0.05) is 30.3 Å². The summed E-state index contributed by atoms with van der Waals surface area (Å²) in [7, 11) is 0. The van der Waals surface area contributed by atoms with Gasteiger partial charge in [0.15, 0.2) is 0 Å². The van der Waals surface area contributed by atoms with Gasteiger partial charge < -0.3 is 5.21 Å². The van der Waals surface area contributed by atoms with Crippen LogP contribution in [-0.4, -0.2) is 16.7 Å². The Morgan fingerprint density at radius 1 is 1.25 bits per heavy atom. The van der Waals surface area contributed by atoms with Gasteiger partial charge in [-0.05, 0) is 28.7 Å². The van der Waals surface area contributed by atoms with Gasteiger partial charge in [0, 0.05) is 24.6 Å². The average Bonchev–Trinajstić information content (AvgIpc) is 2.45. The molecular formula is C15H14N2O3. The number of benzene rings is 2. The Labute approximate surface area is 116 Å². The molecule has 1 atom stereocenters. The SMILES string of the molecule is O=[N+]([O-])c1cccc(-c2ccc3c(c2)C(CNO)C3)c1. The molecule has 0 amide bonds. The molecule has 0 fully saturated rings. The Morgan fingerprint density at radius 2 is 2.05 bits per heavy atom. The molecule has 0 spiro atoms. The zero-order valence-corrected chi connectivity index (χ0v) is 10.7. The van der Waals surface area contributed by atoms with Gasteiger partial charge in [0.05, 0.1) is 4.92 Å². The van der Waals surface area contributed by atoms with Crippen LogP contribution in [-0.2, 0) is 6.42 Å². The molecule has 0 aliphatic heterocycles. The smallest absolute Gasteiger partial charge is 0.270 e. The van der Waals surface area contributed by atoms with Crippen LogP contribution in [0.25, 0.3) is 11.1 Å². The molecule has 2 N–H and O–H groups in total. The Morgan fingerprint density at radius 3 is 2.80 bits per heavy atom. The lowest BCUT2D eigenvalue weighted by Crippen LogP contribution is -2.27. The Hall–Kier alpha value is -2.24. The predicted molar refractivity (Wildman–Crippen MR) is 74.8 cm³/mol. The van der Waals surface area contributed by atoms with Crippen LogP contribution in [0.1, 0.15) is 17.0 Å². The third kappa shape index (κ3) is 2.17. The summed E-state index contributed by atoms with van der Waals surface area (Å²) in [6, 6.07) is 12.7. The number of hydrogen-bond acceptors (Lipinski definition) is 4. The fraction of sp³-hybridized carbons (Fsp3) is 0.200. The molecule has 1 unspecified atom stereocenters. The maximum Gasteiger partial charge on any atom is 0.270 e. The first kappa shape index (κ1) is 12.8. The van der Waals surface area contributed by atoms with E-state index in [-0.39, 0.29) is 10.6 Å². The molecule has 5 nitrogen and oxygen atoms in total. The highest BCUT2D eigenvalue weighted by molar-refractivity contribution is 5.68. The molecule has 5 heteroatoms. The highest BCUT2D eigenvalue weighted by Crippen LogP contribution is 2.37. The van der Waals surface area contributed by atoms with E-state index in [4.69, 9.17) is 5.21 Å². The summed E-state index contributed by atoms with van der Waals surface area (Å²) in [5.74, 6) is 0.314. The van der Waals surface area contributed by atoms with Crippen LogP contribution >= 0.6 is 0 Å². The lowest BCUT2D eigenvalue weighted by molar-refractivity contribution is -0.384. The third-order valence-corrected chi connectivity index (χ3v) is 3.78. The Bertz CT molecular complexity index is 670. The summed E-state index contributed by atoms with van der Waals surface area (Å²) >= 11 is 0. The minimum atomic E-state index is -0.386. The number of nitrogens with zero attached hydrogens (tertiary/aromatic N) is 1. The quantitative estimate of drug-likeness (QED) is 0.661. The van der Waals surface area contributed by atoms with Gasteiger partial charge in [0.1, 0.15) is 0 Å². The normalized spacial score (nSPS) is 16.4. The van der Waals surface area contributed by atoms with Gasteiger partial charge in [-0.15, -0.1) is 0 Å². The van der Waals surface area contributed by atoms with Crippen LogP contribution < -0.4 is 5.48 Å². The van der Waals surface area contributed by atoms with E-state index in [0.29, 0.717) is 12.5 Å². The molecule has 3 rings (SSSR count). The second-order valence-corrected chi connectivity index (χ2v) is 4.98. The van der Waals surface area contributed by atoms with E-state index >= 15 is 0 Å². The van der Waals surface area contributed by atoms with Crippen molar-refractivity contribution in [3.63, 3.8) is 0 Å². The molecule has 0 bridgehead atoms. The summed E-state index contributed by atoms with van der Waals surface area (Å²) in [5.41, 5.74) is 6.59. The molecule has 20 heavy (non-hydrogen) atoms. The first-order chi connectivity index (χ1) is 9.69. The van der Waals surface area contributed by atoms with Crippen molar-refractivity contribution in [3.8, 4) is 11.1 Å². The van der Waals surface area contributed by atoms with Crippen LogP contribution in [0.2, 0.25) is 0 Å². The summed E-state index contributed by atoms with van der Waals surface area (Å²) in [4.78, 5) is 10.4. The third-order valence-electron chi connectivity index (χ3n) is 3.78. The first-order valence-electron chi connectivity index (χ1n) is 6.43. The van der Waals surface area contributed by atoms with Crippen molar-refractivity contribution in [1.29, 1.82) is 0 Å². The Balaban J connectivity index is 1.95. The van der Waals surface area contributed by atoms with Crippen molar-refractivity contribution in [1.82, 2.24) is 5.48 Å². The lowest BCUT2D eigenvalue weighted by Gasteiger charge is -2.30. The second kappa shape index (κ2) is 5.03. The summed E-state index contributed by atoms with van der Waals surface area (Å²) < 4.78 is 0. The first-order valence-corrected chi connectivity index (χ1v) is 6.43. The number of non-ortho nitro benzene ring substituents is 1. The van der Waals surface area contributed by atoms with Crippen LogP contribution in [0.5, 0.6) is 0 Å². The molecule has 102 valence electrons. The highest BCUT2D eigenvalue weighted by Gasteiger charge is 2.26. The number of nitro benzene ring substituents is 1. The van der Waals surface area contributed by atoms with Crippen molar-refractivity contribution < 1.29 is 10.1 Å². The van der Waals surface area contributed by atoms with E-state index in [1.807, 2.05) is 12.1 Å². The fourth-order valence-corrected chi connectivity index (χ4v) is 2.68. The number of nitrogens with one attached hydrogen (secondary N) is 1. The highest BCUT2D eigenvalue weighted by atomic mass is 16.6. The number of hydrogen-bond donors (Lipinski definition) is 2. The molecule has 1 aliphatic carbocycles. The number of nitro groups is 1. The molecule has 1 aliphatic rings. The largest absolute Gasteiger partial charge is 0.317 e. The molecule has 0 aromatic heterocycles. The zero-order chi connectivity index (χ0) is 14.1. The number of fused-ring (bicyclic) bond motifs is 1. The summed E-state index contributed by atoms with van der Waals surface area (Å²) in [6.45, 7) is 0.533. The molecule has 2 aromatic carbocycles. The molecule has 0 heterocycles. The fourth-order valence-electron chi connectivity index (χ4n) is 2.68. The maximum absolute atomic E-state index is 10.8. The number of rotatable bonds is 4. The molecule has 2 aromatic rings. The van der Waals surface area contributed by atoms with E-state index in [2.05, 4.69) is 17.6 Å². The maximum atomic E-state index is 10.8. The van der Waals surface area contributed by atoms with E-state index in [0.717, 1.165) is 17.5 Å². The number of hydroxylamine groups is 1. The molecule has 0 saturated heterocycles. The van der Waals surface area contributed by atoms with Crippen LogP contribution in [0.15, 0.2) is 42.5 Å². The second-order valence-electron chi connectivity index (χ2n) is 4.98. The molecular weight excluding hydrogens is 256 g/mol. The minimum Gasteiger partial charge on any atom is -0.317 e. The van der Waals surface area contributed by atoms with Gasteiger partial charge in [0.25, 0.3) is 5.69 Å². The minimum absolute atomic E-state index is 0.0961. The Kier molecular flexibility index (Phi) is 3.22. The van der Waals surface area contributed by atoms with Crippen LogP contribution in [0.3, 0.4) is 0 Å². The lowest BCUT2D eigenvalue weighted by atomic mass is 9.76. The predicted octanol–water partition coefficient (Wildman–Crippen LogP) is 2.88. The summed E-state index contributed by atoms with van der Waals surface area (Å²) in [5, 5.41) is 19.6. The van der Waals surface area contributed by atoms with Crippen molar-refractivity contribution in [2.75, 3.05) is 6.54 Å². The van der Waals surface area contributed by atoms with Crippen molar-refractivity contribution in [2.45, 2.75) is 12.3 Å². The van der Waals surface area contributed by atoms with Crippen LogP contribution in [0.4, 0.5) is 5.69 Å². The molecule has 0 radical (unpaired) electrons. The monoisotopic (exact) mass is 270 g/mol. The van der Waals surface area contributed by atoms with Gasteiger partial charge in [-0.3, -0.25) is 10.1 Å². The topological polar surface area (TPSA) is 75.4 Å². The van der Waals surface area contributed by atoms with Crippen molar-refractivity contribution in [3.05, 3.63) is 63.7 Å². The van der Waals surface area contributed by atoms with Gasteiger partial charge in [0.2, 0.25) is 0 Å². The van der Waals surface area contributed by atoms with Crippen molar-refractivity contribution >= 4 is 5.69 Å². The molecule has 0 saturated carbocycles. The van der Waals surface area contributed by atoms with Crippen LogP contribution in [0, 0.1) is 10.1 Å². The van der Waals surface area contributed by atoms with E-state index in [9.17, 15) is 10.1 Å². The summed E-state index contributed by atoms with van der Waals surface area (Å²) in [6.07, 6.45) is 0.956. The standard InChI is InChI=1S/C15H14N2O3/c18-16-9-13-6-12-5-4-11(8-15(12)13)10-2-1-3-14(7-10)17(19)20/h1-5,7-8,13,16,18H,6,9H2. The van der Waals surface area contributed by atoms with Gasteiger partial charge >= 0.3 is 0 Å². The van der Waals surface area contributed by atoms with Gasteiger partial charge in [-0.25, -0.2) is 5.48 Å². The average molecular weight is 270 g/mol.